The van der Waals surface area contributed by atoms with E-state index in [0.29, 0.717) is 0 Å². The van der Waals surface area contributed by atoms with Gasteiger partial charge in [-0.3, -0.25) is 0 Å². The lowest BCUT2D eigenvalue weighted by atomic mass is 9.81. The Hall–Kier alpha value is -7.42. The number of benzene rings is 9. The summed E-state index contributed by atoms with van der Waals surface area (Å²) in [5, 5.41) is 2.27. The van der Waals surface area contributed by atoms with Gasteiger partial charge in [-0.1, -0.05) is 167 Å². The summed E-state index contributed by atoms with van der Waals surface area (Å²) < 4.78 is 6.66. The molecule has 0 atom stereocenters. The van der Waals surface area contributed by atoms with Gasteiger partial charge in [-0.15, -0.1) is 0 Å². The molecule has 0 amide bonds. The van der Waals surface area contributed by atoms with E-state index in [9.17, 15) is 0 Å². The van der Waals surface area contributed by atoms with Gasteiger partial charge in [0.2, 0.25) is 0 Å². The SMILES string of the molecule is CC1(C)c2ccccc2-c2ccc(-c3cc(-c4ccc(-c5ccc(N(c6ccccc6)c6ccc7c(c6)C(C)(C)c6ccccc6-7)cc5)cc4)cc4c3oc3ccccc34)cc21. The molecule has 0 N–H and O–H groups in total. The third-order valence-electron chi connectivity index (χ3n) is 13.9. The highest BCUT2D eigenvalue weighted by atomic mass is 16.3. The number of furan rings is 1. The summed E-state index contributed by atoms with van der Waals surface area (Å²) in [6.45, 7) is 9.38. The van der Waals surface area contributed by atoms with Gasteiger partial charge >= 0.3 is 0 Å². The number of para-hydroxylation sites is 2. The highest BCUT2D eigenvalue weighted by Crippen LogP contribution is 2.52. The van der Waals surface area contributed by atoms with Gasteiger partial charge in [-0.25, -0.2) is 0 Å². The molecule has 296 valence electrons. The van der Waals surface area contributed by atoms with E-state index in [0.717, 1.165) is 44.6 Å². The predicted molar refractivity (Wildman–Crippen MR) is 260 cm³/mol. The van der Waals surface area contributed by atoms with E-state index < -0.39 is 0 Å². The molecule has 62 heavy (non-hydrogen) atoms. The molecule has 10 aromatic rings. The van der Waals surface area contributed by atoms with E-state index in [1.165, 1.54) is 72.3 Å². The number of fused-ring (bicyclic) bond motifs is 9. The zero-order chi connectivity index (χ0) is 41.7. The summed E-state index contributed by atoms with van der Waals surface area (Å²) in [6.07, 6.45) is 0. The minimum absolute atomic E-state index is 0.0774. The van der Waals surface area contributed by atoms with Crippen LogP contribution in [0.2, 0.25) is 0 Å². The molecule has 0 fully saturated rings. The molecule has 1 aromatic heterocycles. The van der Waals surface area contributed by atoms with Crippen molar-refractivity contribution in [1.82, 2.24) is 0 Å². The van der Waals surface area contributed by atoms with Crippen molar-refractivity contribution < 1.29 is 4.42 Å². The molecule has 2 aliphatic rings. The summed E-state index contributed by atoms with van der Waals surface area (Å²) in [6, 6.07) is 73.4. The highest BCUT2D eigenvalue weighted by molar-refractivity contribution is 6.11. The third-order valence-corrected chi connectivity index (χ3v) is 13.9. The Morgan fingerprint density at radius 3 is 1.48 bits per heavy atom. The number of hydrogen-bond acceptors (Lipinski definition) is 2. The summed E-state index contributed by atoms with van der Waals surface area (Å²) in [7, 11) is 0. The lowest BCUT2D eigenvalue weighted by Crippen LogP contribution is -2.16. The summed E-state index contributed by atoms with van der Waals surface area (Å²) >= 11 is 0. The second-order valence-electron chi connectivity index (χ2n) is 18.1. The van der Waals surface area contributed by atoms with Gasteiger partial charge in [0.1, 0.15) is 11.2 Å². The Balaban J connectivity index is 0.899. The summed E-state index contributed by atoms with van der Waals surface area (Å²) in [5.74, 6) is 0. The van der Waals surface area contributed by atoms with Gasteiger partial charge in [-0.2, -0.15) is 0 Å². The molecule has 0 aliphatic heterocycles. The molecular weight excluding hydrogens is 751 g/mol. The fourth-order valence-corrected chi connectivity index (χ4v) is 10.6. The topological polar surface area (TPSA) is 16.4 Å². The molecule has 0 saturated heterocycles. The molecule has 2 heteroatoms. The molecule has 0 saturated carbocycles. The van der Waals surface area contributed by atoms with Gasteiger partial charge in [0.25, 0.3) is 0 Å². The minimum Gasteiger partial charge on any atom is -0.455 e. The smallest absolute Gasteiger partial charge is 0.143 e. The summed E-state index contributed by atoms with van der Waals surface area (Å²) in [5.41, 5.74) is 22.9. The van der Waals surface area contributed by atoms with Crippen molar-refractivity contribution in [1.29, 1.82) is 0 Å². The monoisotopic (exact) mass is 795 g/mol. The largest absolute Gasteiger partial charge is 0.455 e. The van der Waals surface area contributed by atoms with Gasteiger partial charge in [-0.05, 0) is 133 Å². The van der Waals surface area contributed by atoms with Crippen molar-refractivity contribution in [3.8, 4) is 55.6 Å². The van der Waals surface area contributed by atoms with Gasteiger partial charge in [0.05, 0.1) is 0 Å². The predicted octanol–water partition coefficient (Wildman–Crippen LogP) is 16.7. The first-order valence-corrected chi connectivity index (χ1v) is 21.7. The molecule has 0 radical (unpaired) electrons. The Bertz CT molecular complexity index is 3390. The van der Waals surface area contributed by atoms with Crippen molar-refractivity contribution in [3.05, 3.63) is 222 Å². The Morgan fingerprint density at radius 2 is 0.806 bits per heavy atom. The van der Waals surface area contributed by atoms with Crippen LogP contribution in [-0.4, -0.2) is 0 Å². The number of rotatable bonds is 6. The van der Waals surface area contributed by atoms with Crippen LogP contribution in [0.15, 0.2) is 205 Å². The van der Waals surface area contributed by atoms with E-state index in [-0.39, 0.29) is 10.8 Å². The normalized spacial score (nSPS) is 14.1. The van der Waals surface area contributed by atoms with E-state index >= 15 is 0 Å². The van der Waals surface area contributed by atoms with Crippen molar-refractivity contribution in [3.63, 3.8) is 0 Å². The maximum Gasteiger partial charge on any atom is 0.143 e. The maximum absolute atomic E-state index is 6.66. The fourth-order valence-electron chi connectivity index (χ4n) is 10.6. The number of anilines is 3. The van der Waals surface area contributed by atoms with Crippen LogP contribution in [0.4, 0.5) is 17.1 Å². The highest BCUT2D eigenvalue weighted by Gasteiger charge is 2.37. The molecule has 9 aromatic carbocycles. The van der Waals surface area contributed by atoms with Crippen molar-refractivity contribution in [2.75, 3.05) is 4.90 Å². The van der Waals surface area contributed by atoms with Crippen molar-refractivity contribution in [2.45, 2.75) is 38.5 Å². The maximum atomic E-state index is 6.66. The first-order chi connectivity index (χ1) is 30.2. The second-order valence-corrected chi connectivity index (χ2v) is 18.1. The van der Waals surface area contributed by atoms with Gasteiger partial charge in [0, 0.05) is 44.2 Å². The van der Waals surface area contributed by atoms with Crippen LogP contribution in [0.3, 0.4) is 0 Å². The van der Waals surface area contributed by atoms with Crippen LogP contribution in [0.25, 0.3) is 77.6 Å². The molecular formula is C60H45NO. The van der Waals surface area contributed by atoms with E-state index in [1.807, 2.05) is 0 Å². The fraction of sp³-hybridized carbons (Fsp3) is 0.100. The Kier molecular flexibility index (Phi) is 7.96. The number of hydrogen-bond donors (Lipinski definition) is 0. The van der Waals surface area contributed by atoms with Crippen molar-refractivity contribution in [2.24, 2.45) is 0 Å². The molecule has 12 rings (SSSR count). The Morgan fingerprint density at radius 1 is 0.323 bits per heavy atom. The first-order valence-electron chi connectivity index (χ1n) is 21.7. The molecule has 1 heterocycles. The zero-order valence-electron chi connectivity index (χ0n) is 35.4. The lowest BCUT2D eigenvalue weighted by Gasteiger charge is -2.28. The second kappa shape index (κ2) is 13.5. The van der Waals surface area contributed by atoms with E-state index in [1.54, 1.807) is 0 Å². The molecule has 2 aliphatic carbocycles. The van der Waals surface area contributed by atoms with E-state index in [2.05, 4.69) is 233 Å². The molecule has 0 spiro atoms. The summed E-state index contributed by atoms with van der Waals surface area (Å²) in [4.78, 5) is 2.38. The van der Waals surface area contributed by atoms with Crippen LogP contribution >= 0.6 is 0 Å². The number of nitrogens with zero attached hydrogens (tertiary/aromatic N) is 1. The molecule has 0 bridgehead atoms. The quantitative estimate of drug-likeness (QED) is 0.167. The van der Waals surface area contributed by atoms with Crippen molar-refractivity contribution >= 4 is 39.0 Å². The average molecular weight is 796 g/mol. The van der Waals surface area contributed by atoms with Crippen LogP contribution in [0, 0.1) is 0 Å². The van der Waals surface area contributed by atoms with Crippen LogP contribution in [0.1, 0.15) is 49.9 Å². The van der Waals surface area contributed by atoms with Crippen LogP contribution in [0.5, 0.6) is 0 Å². The average Bonchev–Trinajstić information content (AvgIpc) is 3.89. The third kappa shape index (κ3) is 5.49. The van der Waals surface area contributed by atoms with E-state index in [4.69, 9.17) is 4.42 Å². The van der Waals surface area contributed by atoms with Crippen LogP contribution < -0.4 is 4.90 Å². The lowest BCUT2D eigenvalue weighted by molar-refractivity contribution is 0.660. The van der Waals surface area contributed by atoms with Crippen LogP contribution in [-0.2, 0) is 10.8 Å². The van der Waals surface area contributed by atoms with Gasteiger partial charge < -0.3 is 9.32 Å². The molecule has 0 unspecified atom stereocenters. The zero-order valence-corrected chi connectivity index (χ0v) is 35.4. The minimum atomic E-state index is -0.0909. The first kappa shape index (κ1) is 36.4. The Labute approximate surface area is 363 Å². The standard InChI is InChI=1S/C60H45NO/c1-59(2)53-19-11-8-16-46(53)48-32-28-41(36-55(48)59)51-34-42(35-52-50-18-10-13-21-57(50)62-58(51)52)40-24-22-38(23-25-40)39-26-29-44(30-27-39)61(43-14-6-5-7-15-43)45-31-33-49-47-17-9-12-20-54(47)60(3,4)56(49)37-45/h5-37H,1-4H3. The van der Waals surface area contributed by atoms with Gasteiger partial charge in [0.15, 0.2) is 0 Å². The molecule has 2 nitrogen and oxygen atoms in total.